The highest BCUT2D eigenvalue weighted by molar-refractivity contribution is 5.79. The Morgan fingerprint density at radius 1 is 1.43 bits per heavy atom. The van der Waals surface area contributed by atoms with Crippen LogP contribution in [0.5, 0.6) is 0 Å². The molecule has 0 spiro atoms. The van der Waals surface area contributed by atoms with Gasteiger partial charge in [-0.25, -0.2) is 0 Å². The topological polar surface area (TPSA) is 62.0 Å². The van der Waals surface area contributed by atoms with Gasteiger partial charge in [0.2, 0.25) is 0 Å². The summed E-state index contributed by atoms with van der Waals surface area (Å²) in [7, 11) is 3.47. The monoisotopic (exact) mass is 294 g/mol. The minimum absolute atomic E-state index is 0.253. The van der Waals surface area contributed by atoms with E-state index in [1.165, 1.54) is 12.8 Å². The molecule has 1 aromatic rings. The van der Waals surface area contributed by atoms with Gasteiger partial charge in [-0.3, -0.25) is 9.89 Å². The third-order valence-corrected chi connectivity index (χ3v) is 3.74. The lowest BCUT2D eigenvalue weighted by atomic mass is 10.2. The Labute approximate surface area is 126 Å². The lowest BCUT2D eigenvalue weighted by Gasteiger charge is -2.26. The summed E-state index contributed by atoms with van der Waals surface area (Å²) < 4.78 is 10.6. The van der Waals surface area contributed by atoms with Gasteiger partial charge in [-0.15, -0.1) is 0 Å². The van der Waals surface area contributed by atoms with Crippen molar-refractivity contribution in [2.45, 2.75) is 18.9 Å². The molecule has 1 aromatic heterocycles. The van der Waals surface area contributed by atoms with Gasteiger partial charge in [-0.2, -0.15) is 0 Å². The average molecular weight is 294 g/mol. The molecule has 6 nitrogen and oxygen atoms in total. The molecule has 1 fully saturated rings. The number of guanidine groups is 1. The number of methoxy groups -OCH3 is 1. The first-order valence-corrected chi connectivity index (χ1v) is 7.56. The summed E-state index contributed by atoms with van der Waals surface area (Å²) >= 11 is 0. The molecule has 6 heteroatoms. The van der Waals surface area contributed by atoms with Gasteiger partial charge in [0.25, 0.3) is 0 Å². The van der Waals surface area contributed by atoms with Gasteiger partial charge in [0.1, 0.15) is 5.76 Å². The number of rotatable bonds is 7. The number of likely N-dealkylation sites (tertiary alicyclic amines) is 1. The van der Waals surface area contributed by atoms with Crippen LogP contribution in [-0.2, 0) is 4.74 Å². The predicted octanol–water partition coefficient (Wildman–Crippen LogP) is 1.23. The van der Waals surface area contributed by atoms with Gasteiger partial charge in [-0.05, 0) is 38.1 Å². The standard InChI is InChI=1S/C15H26N4O2/c1-16-15(17-7-11-20-2)18-12-13(14-6-5-10-21-14)19-8-3-4-9-19/h5-6,10,13H,3-4,7-9,11-12H2,1-2H3,(H2,16,17,18). The second-order valence-corrected chi connectivity index (χ2v) is 5.15. The van der Waals surface area contributed by atoms with E-state index in [1.54, 1.807) is 20.4 Å². The van der Waals surface area contributed by atoms with Crippen molar-refractivity contribution in [2.75, 3.05) is 46.9 Å². The maximum atomic E-state index is 5.61. The second kappa shape index (κ2) is 8.69. The quantitative estimate of drug-likeness (QED) is 0.450. The molecule has 2 N–H and O–H groups in total. The van der Waals surface area contributed by atoms with Gasteiger partial charge < -0.3 is 19.8 Å². The van der Waals surface area contributed by atoms with Crippen LogP contribution < -0.4 is 10.6 Å². The zero-order valence-corrected chi connectivity index (χ0v) is 13.0. The smallest absolute Gasteiger partial charge is 0.191 e. The van der Waals surface area contributed by atoms with Crippen LogP contribution in [0.3, 0.4) is 0 Å². The summed E-state index contributed by atoms with van der Waals surface area (Å²) in [6, 6.07) is 4.25. The van der Waals surface area contributed by atoms with Crippen molar-refractivity contribution in [1.29, 1.82) is 0 Å². The SMILES string of the molecule is CN=C(NCCOC)NCC(c1ccco1)N1CCCC1. The summed E-state index contributed by atoms with van der Waals surface area (Å²) in [6.45, 7) is 4.44. The number of furan rings is 1. The predicted molar refractivity (Wildman–Crippen MR) is 83.5 cm³/mol. The van der Waals surface area contributed by atoms with E-state index in [1.807, 2.05) is 12.1 Å². The van der Waals surface area contributed by atoms with E-state index in [-0.39, 0.29) is 6.04 Å². The molecule has 0 radical (unpaired) electrons. The van der Waals surface area contributed by atoms with Crippen LogP contribution in [-0.4, -0.2) is 57.8 Å². The lowest BCUT2D eigenvalue weighted by molar-refractivity contribution is 0.202. The Bertz CT molecular complexity index is 413. The molecule has 1 aliphatic rings. The highest BCUT2D eigenvalue weighted by Gasteiger charge is 2.25. The maximum absolute atomic E-state index is 5.61. The number of nitrogens with one attached hydrogen (secondary N) is 2. The number of hydrogen-bond donors (Lipinski definition) is 2. The zero-order chi connectivity index (χ0) is 14.9. The van der Waals surface area contributed by atoms with Crippen LogP contribution in [0.2, 0.25) is 0 Å². The molecule has 0 bridgehead atoms. The normalized spacial score (nSPS) is 17.9. The molecule has 1 aliphatic heterocycles. The second-order valence-electron chi connectivity index (χ2n) is 5.15. The molecule has 1 atom stereocenters. The lowest BCUT2D eigenvalue weighted by Crippen LogP contribution is -2.43. The molecule has 0 aliphatic carbocycles. The highest BCUT2D eigenvalue weighted by Crippen LogP contribution is 2.24. The molecule has 0 saturated carbocycles. The number of hydrogen-bond acceptors (Lipinski definition) is 4. The first kappa shape index (κ1) is 15.9. The first-order valence-electron chi connectivity index (χ1n) is 7.56. The van der Waals surface area contributed by atoms with Crippen LogP contribution in [0.25, 0.3) is 0 Å². The number of ether oxygens (including phenoxy) is 1. The van der Waals surface area contributed by atoms with Crippen molar-refractivity contribution in [3.8, 4) is 0 Å². The Kier molecular flexibility index (Phi) is 6.56. The van der Waals surface area contributed by atoms with Gasteiger partial charge in [0, 0.05) is 27.2 Å². The van der Waals surface area contributed by atoms with Crippen molar-refractivity contribution >= 4 is 5.96 Å². The highest BCUT2D eigenvalue weighted by atomic mass is 16.5. The third-order valence-electron chi connectivity index (χ3n) is 3.74. The summed E-state index contributed by atoms with van der Waals surface area (Å²) in [5.41, 5.74) is 0. The van der Waals surface area contributed by atoms with Gasteiger partial charge in [0.15, 0.2) is 5.96 Å². The Balaban J connectivity index is 1.89. The minimum Gasteiger partial charge on any atom is -0.468 e. The van der Waals surface area contributed by atoms with Gasteiger partial charge in [-0.1, -0.05) is 0 Å². The Hall–Kier alpha value is -1.53. The van der Waals surface area contributed by atoms with Crippen molar-refractivity contribution < 1.29 is 9.15 Å². The minimum atomic E-state index is 0.253. The van der Waals surface area contributed by atoms with Crippen molar-refractivity contribution in [1.82, 2.24) is 15.5 Å². The summed E-state index contributed by atoms with van der Waals surface area (Å²) in [6.07, 6.45) is 4.26. The van der Waals surface area contributed by atoms with Crippen molar-refractivity contribution in [3.05, 3.63) is 24.2 Å². The van der Waals surface area contributed by atoms with E-state index in [2.05, 4.69) is 20.5 Å². The van der Waals surface area contributed by atoms with E-state index in [9.17, 15) is 0 Å². The molecule has 0 aromatic carbocycles. The summed E-state index contributed by atoms with van der Waals surface area (Å²) in [5, 5.41) is 6.60. The number of nitrogens with zero attached hydrogens (tertiary/aromatic N) is 2. The molecule has 1 unspecified atom stereocenters. The molecule has 2 heterocycles. The van der Waals surface area contributed by atoms with Crippen LogP contribution in [0.4, 0.5) is 0 Å². The summed E-state index contributed by atoms with van der Waals surface area (Å²) in [5.74, 6) is 1.81. The van der Waals surface area contributed by atoms with Crippen molar-refractivity contribution in [2.24, 2.45) is 4.99 Å². The Morgan fingerprint density at radius 2 is 2.24 bits per heavy atom. The molecule has 118 valence electrons. The third kappa shape index (κ3) is 4.75. The fourth-order valence-electron chi connectivity index (χ4n) is 2.63. The van der Waals surface area contributed by atoms with E-state index in [0.717, 1.165) is 37.9 Å². The van der Waals surface area contributed by atoms with E-state index < -0.39 is 0 Å². The van der Waals surface area contributed by atoms with Gasteiger partial charge >= 0.3 is 0 Å². The fraction of sp³-hybridized carbons (Fsp3) is 0.667. The van der Waals surface area contributed by atoms with Crippen LogP contribution in [0.1, 0.15) is 24.6 Å². The summed E-state index contributed by atoms with van der Waals surface area (Å²) in [4.78, 5) is 6.70. The zero-order valence-electron chi connectivity index (χ0n) is 13.0. The molecular formula is C15H26N4O2. The van der Waals surface area contributed by atoms with E-state index in [0.29, 0.717) is 6.61 Å². The van der Waals surface area contributed by atoms with Crippen molar-refractivity contribution in [3.63, 3.8) is 0 Å². The van der Waals surface area contributed by atoms with Crippen LogP contribution >= 0.6 is 0 Å². The van der Waals surface area contributed by atoms with E-state index >= 15 is 0 Å². The van der Waals surface area contributed by atoms with Crippen LogP contribution in [0.15, 0.2) is 27.8 Å². The Morgan fingerprint density at radius 3 is 2.86 bits per heavy atom. The fourth-order valence-corrected chi connectivity index (χ4v) is 2.63. The van der Waals surface area contributed by atoms with Crippen LogP contribution in [0, 0.1) is 0 Å². The molecule has 2 rings (SSSR count). The van der Waals surface area contributed by atoms with Gasteiger partial charge in [0.05, 0.1) is 18.9 Å². The van der Waals surface area contributed by atoms with E-state index in [4.69, 9.17) is 9.15 Å². The average Bonchev–Trinajstić information content (AvgIpc) is 3.19. The molecule has 1 saturated heterocycles. The molecule has 21 heavy (non-hydrogen) atoms. The molecule has 0 amide bonds. The molecular weight excluding hydrogens is 268 g/mol. The largest absolute Gasteiger partial charge is 0.468 e. The maximum Gasteiger partial charge on any atom is 0.191 e. The first-order chi connectivity index (χ1) is 10.3. The number of aliphatic imine (C=N–C) groups is 1.